The first kappa shape index (κ1) is 16.4. The van der Waals surface area contributed by atoms with Gasteiger partial charge in [-0.3, -0.25) is 0 Å². The van der Waals surface area contributed by atoms with Crippen molar-refractivity contribution in [3.63, 3.8) is 0 Å². The SMILES string of the molecule is COc1ccc(CNc2cc(OC)c(C(=O)O)cn2)c(OC)c1. The third kappa shape index (κ3) is 3.82. The Balaban J connectivity index is 2.16. The van der Waals surface area contributed by atoms with Crippen LogP contribution in [0.25, 0.3) is 0 Å². The van der Waals surface area contributed by atoms with E-state index in [1.807, 2.05) is 12.1 Å². The maximum Gasteiger partial charge on any atom is 0.341 e. The molecule has 23 heavy (non-hydrogen) atoms. The van der Waals surface area contributed by atoms with Gasteiger partial charge in [0, 0.05) is 30.4 Å². The Morgan fingerprint density at radius 2 is 1.87 bits per heavy atom. The van der Waals surface area contributed by atoms with Crippen LogP contribution in [0.2, 0.25) is 0 Å². The lowest BCUT2D eigenvalue weighted by Gasteiger charge is -2.12. The van der Waals surface area contributed by atoms with Crippen LogP contribution >= 0.6 is 0 Å². The lowest BCUT2D eigenvalue weighted by molar-refractivity contribution is 0.0693. The summed E-state index contributed by atoms with van der Waals surface area (Å²) in [5, 5.41) is 12.2. The molecule has 1 aromatic carbocycles. The molecule has 0 atom stereocenters. The van der Waals surface area contributed by atoms with E-state index in [0.29, 0.717) is 23.9 Å². The van der Waals surface area contributed by atoms with Gasteiger partial charge < -0.3 is 24.6 Å². The molecular formula is C16H18N2O5. The Bertz CT molecular complexity index is 703. The van der Waals surface area contributed by atoms with Gasteiger partial charge in [-0.2, -0.15) is 0 Å². The predicted molar refractivity (Wildman–Crippen MR) is 84.6 cm³/mol. The summed E-state index contributed by atoms with van der Waals surface area (Å²) in [5.74, 6) is 1.06. The lowest BCUT2D eigenvalue weighted by Crippen LogP contribution is -2.06. The number of hydrogen-bond donors (Lipinski definition) is 2. The third-order valence-electron chi connectivity index (χ3n) is 3.27. The first-order valence-corrected chi connectivity index (χ1v) is 6.81. The number of nitrogens with zero attached hydrogens (tertiary/aromatic N) is 1. The fraction of sp³-hybridized carbons (Fsp3) is 0.250. The number of hydrogen-bond acceptors (Lipinski definition) is 6. The zero-order valence-electron chi connectivity index (χ0n) is 13.1. The second kappa shape index (κ2) is 7.35. The van der Waals surface area contributed by atoms with Crippen molar-refractivity contribution in [1.82, 2.24) is 4.98 Å². The van der Waals surface area contributed by atoms with Crippen LogP contribution in [0.1, 0.15) is 15.9 Å². The number of carbonyl (C=O) groups is 1. The smallest absolute Gasteiger partial charge is 0.341 e. The highest BCUT2D eigenvalue weighted by Crippen LogP contribution is 2.26. The molecule has 2 aromatic rings. The molecule has 0 aliphatic carbocycles. The molecular weight excluding hydrogens is 300 g/mol. The largest absolute Gasteiger partial charge is 0.497 e. The number of pyridine rings is 1. The van der Waals surface area contributed by atoms with E-state index in [1.165, 1.54) is 13.3 Å². The van der Waals surface area contributed by atoms with Crippen molar-refractivity contribution in [2.45, 2.75) is 6.54 Å². The number of aromatic nitrogens is 1. The molecule has 0 amide bonds. The molecule has 1 aromatic heterocycles. The van der Waals surface area contributed by atoms with Crippen LogP contribution < -0.4 is 19.5 Å². The van der Waals surface area contributed by atoms with Gasteiger partial charge in [0.2, 0.25) is 0 Å². The number of methoxy groups -OCH3 is 3. The molecule has 0 bridgehead atoms. The van der Waals surface area contributed by atoms with Gasteiger partial charge >= 0.3 is 5.97 Å². The molecule has 0 aliphatic rings. The molecule has 0 unspecified atom stereocenters. The van der Waals surface area contributed by atoms with E-state index < -0.39 is 5.97 Å². The summed E-state index contributed by atoms with van der Waals surface area (Å²) in [6.07, 6.45) is 1.26. The summed E-state index contributed by atoms with van der Waals surface area (Å²) >= 11 is 0. The van der Waals surface area contributed by atoms with Gasteiger partial charge in [0.15, 0.2) is 0 Å². The molecule has 122 valence electrons. The van der Waals surface area contributed by atoms with Gasteiger partial charge in [-0.25, -0.2) is 9.78 Å². The van der Waals surface area contributed by atoms with E-state index in [-0.39, 0.29) is 11.3 Å². The van der Waals surface area contributed by atoms with E-state index in [1.54, 1.807) is 26.4 Å². The number of nitrogens with one attached hydrogen (secondary N) is 1. The Morgan fingerprint density at radius 1 is 1.13 bits per heavy atom. The van der Waals surface area contributed by atoms with E-state index in [9.17, 15) is 4.79 Å². The zero-order valence-corrected chi connectivity index (χ0v) is 13.1. The molecule has 2 N–H and O–H groups in total. The number of benzene rings is 1. The summed E-state index contributed by atoms with van der Waals surface area (Å²) in [4.78, 5) is 15.1. The van der Waals surface area contributed by atoms with Gasteiger partial charge in [-0.15, -0.1) is 0 Å². The number of ether oxygens (including phenoxy) is 3. The monoisotopic (exact) mass is 318 g/mol. The van der Waals surface area contributed by atoms with Gasteiger partial charge in [0.05, 0.1) is 21.3 Å². The molecule has 0 spiro atoms. The molecule has 2 rings (SSSR count). The Morgan fingerprint density at radius 3 is 2.48 bits per heavy atom. The predicted octanol–water partition coefficient (Wildman–Crippen LogP) is 2.42. The minimum atomic E-state index is -1.09. The van der Waals surface area contributed by atoms with Crippen molar-refractivity contribution >= 4 is 11.8 Å². The Kier molecular flexibility index (Phi) is 5.24. The summed E-state index contributed by atoms with van der Waals surface area (Å²) in [7, 11) is 4.59. The number of rotatable bonds is 7. The number of carboxylic acid groups (broad SMARTS) is 1. The van der Waals surface area contributed by atoms with Crippen LogP contribution in [0.5, 0.6) is 17.2 Å². The van der Waals surface area contributed by atoms with Gasteiger partial charge in [-0.1, -0.05) is 0 Å². The van der Waals surface area contributed by atoms with Gasteiger partial charge in [-0.05, 0) is 12.1 Å². The number of aromatic carboxylic acids is 1. The molecule has 1 heterocycles. The minimum absolute atomic E-state index is 0.0140. The third-order valence-corrected chi connectivity index (χ3v) is 3.27. The normalized spacial score (nSPS) is 10.0. The Hall–Kier alpha value is -2.96. The second-order valence-electron chi connectivity index (χ2n) is 4.61. The number of anilines is 1. The van der Waals surface area contributed by atoms with Gasteiger partial charge in [0.25, 0.3) is 0 Å². The molecule has 0 saturated heterocycles. The van der Waals surface area contributed by atoms with Crippen LogP contribution in [-0.2, 0) is 6.54 Å². The highest BCUT2D eigenvalue weighted by Gasteiger charge is 2.12. The standard InChI is InChI=1S/C16H18N2O5/c1-21-11-5-4-10(13(6-11)22-2)8-17-15-7-14(23-3)12(9-18-15)16(19)20/h4-7,9H,8H2,1-3H3,(H,17,18)(H,19,20). The first-order chi connectivity index (χ1) is 11.1. The molecule has 0 fully saturated rings. The fourth-order valence-corrected chi connectivity index (χ4v) is 2.05. The fourth-order valence-electron chi connectivity index (χ4n) is 2.05. The number of carboxylic acids is 1. The second-order valence-corrected chi connectivity index (χ2v) is 4.61. The van der Waals surface area contributed by atoms with Crippen molar-refractivity contribution in [3.8, 4) is 17.2 Å². The van der Waals surface area contributed by atoms with Crippen LogP contribution in [-0.4, -0.2) is 37.4 Å². The van der Waals surface area contributed by atoms with Crippen molar-refractivity contribution in [1.29, 1.82) is 0 Å². The topological polar surface area (TPSA) is 89.9 Å². The van der Waals surface area contributed by atoms with Crippen molar-refractivity contribution < 1.29 is 24.1 Å². The van der Waals surface area contributed by atoms with E-state index >= 15 is 0 Å². The first-order valence-electron chi connectivity index (χ1n) is 6.81. The molecule has 7 nitrogen and oxygen atoms in total. The van der Waals surface area contributed by atoms with Crippen molar-refractivity contribution in [2.75, 3.05) is 26.6 Å². The van der Waals surface area contributed by atoms with E-state index in [4.69, 9.17) is 19.3 Å². The minimum Gasteiger partial charge on any atom is -0.497 e. The maximum atomic E-state index is 11.0. The van der Waals surface area contributed by atoms with E-state index in [2.05, 4.69) is 10.3 Å². The van der Waals surface area contributed by atoms with E-state index in [0.717, 1.165) is 5.56 Å². The summed E-state index contributed by atoms with van der Waals surface area (Å²) in [6.45, 7) is 0.454. The Labute approximate surface area is 133 Å². The van der Waals surface area contributed by atoms with Crippen LogP contribution in [0.15, 0.2) is 30.5 Å². The zero-order chi connectivity index (χ0) is 16.8. The lowest BCUT2D eigenvalue weighted by atomic mass is 10.2. The average Bonchev–Trinajstić information content (AvgIpc) is 2.59. The quantitative estimate of drug-likeness (QED) is 0.810. The highest BCUT2D eigenvalue weighted by atomic mass is 16.5. The van der Waals surface area contributed by atoms with Crippen LogP contribution in [0, 0.1) is 0 Å². The molecule has 0 radical (unpaired) electrons. The maximum absolute atomic E-state index is 11.0. The van der Waals surface area contributed by atoms with Crippen LogP contribution in [0.3, 0.4) is 0 Å². The highest BCUT2D eigenvalue weighted by molar-refractivity contribution is 5.90. The van der Waals surface area contributed by atoms with Crippen molar-refractivity contribution in [2.24, 2.45) is 0 Å². The van der Waals surface area contributed by atoms with Crippen molar-refractivity contribution in [3.05, 3.63) is 41.6 Å². The summed E-state index contributed by atoms with van der Waals surface area (Å²) in [6, 6.07) is 7.05. The summed E-state index contributed by atoms with van der Waals surface area (Å²) in [5.41, 5.74) is 0.927. The average molecular weight is 318 g/mol. The molecule has 0 saturated carbocycles. The van der Waals surface area contributed by atoms with Gasteiger partial charge in [0.1, 0.15) is 28.6 Å². The van der Waals surface area contributed by atoms with Crippen LogP contribution in [0.4, 0.5) is 5.82 Å². The molecule has 7 heteroatoms. The summed E-state index contributed by atoms with van der Waals surface area (Å²) < 4.78 is 15.6. The molecule has 0 aliphatic heterocycles.